The van der Waals surface area contributed by atoms with Crippen LogP contribution in [-0.4, -0.2) is 40.9 Å². The zero-order chi connectivity index (χ0) is 15.4. The summed E-state index contributed by atoms with van der Waals surface area (Å²) in [5.41, 5.74) is 2.29. The first kappa shape index (κ1) is 15.3. The lowest BCUT2D eigenvalue weighted by atomic mass is 10.1. The molecule has 4 nitrogen and oxygen atoms in total. The summed E-state index contributed by atoms with van der Waals surface area (Å²) in [5, 5.41) is 4.29. The normalized spacial score (nSPS) is 20.4. The van der Waals surface area contributed by atoms with Gasteiger partial charge in [0.05, 0.1) is 5.69 Å². The van der Waals surface area contributed by atoms with Crippen LogP contribution < -0.4 is 0 Å². The Hall–Kier alpha value is -1.65. The van der Waals surface area contributed by atoms with Crippen LogP contribution in [0.25, 0.3) is 0 Å². The molecule has 0 saturated carbocycles. The van der Waals surface area contributed by atoms with Crippen molar-refractivity contribution in [1.82, 2.24) is 14.7 Å². The Balaban J connectivity index is 1.68. The molecule has 4 heteroatoms. The summed E-state index contributed by atoms with van der Waals surface area (Å²) in [7, 11) is 4.19. The van der Waals surface area contributed by atoms with Crippen molar-refractivity contribution in [2.24, 2.45) is 7.05 Å². The van der Waals surface area contributed by atoms with Crippen LogP contribution in [0, 0.1) is 0 Å². The van der Waals surface area contributed by atoms with Gasteiger partial charge >= 0.3 is 0 Å². The van der Waals surface area contributed by atoms with Crippen LogP contribution in [0.3, 0.4) is 0 Å². The average Bonchev–Trinajstić information content (AvgIpc) is 3.14. The first-order valence-electron chi connectivity index (χ1n) is 8.10. The minimum absolute atomic E-state index is 0.0413. The van der Waals surface area contributed by atoms with Gasteiger partial charge in [-0.25, -0.2) is 0 Å². The van der Waals surface area contributed by atoms with Crippen LogP contribution in [0.1, 0.15) is 36.6 Å². The molecule has 0 radical (unpaired) electrons. The van der Waals surface area contributed by atoms with Gasteiger partial charge in [-0.1, -0.05) is 30.3 Å². The molecule has 1 aromatic carbocycles. The number of hydrogen-bond acceptors (Lipinski definition) is 3. The van der Waals surface area contributed by atoms with Gasteiger partial charge in [0, 0.05) is 25.9 Å². The Kier molecular flexibility index (Phi) is 4.90. The van der Waals surface area contributed by atoms with Crippen molar-refractivity contribution >= 4 is 0 Å². The van der Waals surface area contributed by atoms with Gasteiger partial charge in [0.15, 0.2) is 0 Å². The summed E-state index contributed by atoms with van der Waals surface area (Å²) in [6.45, 7) is 1.99. The number of rotatable bonds is 6. The zero-order valence-electron chi connectivity index (χ0n) is 13.5. The molecule has 22 heavy (non-hydrogen) atoms. The van der Waals surface area contributed by atoms with Crippen molar-refractivity contribution in [3.63, 3.8) is 0 Å². The van der Waals surface area contributed by atoms with Gasteiger partial charge in [-0.2, -0.15) is 5.10 Å². The van der Waals surface area contributed by atoms with Gasteiger partial charge in [-0.15, -0.1) is 0 Å². The van der Waals surface area contributed by atoms with Gasteiger partial charge in [-0.05, 0) is 44.5 Å². The van der Waals surface area contributed by atoms with Crippen LogP contribution in [0.4, 0.5) is 0 Å². The van der Waals surface area contributed by atoms with E-state index in [-0.39, 0.29) is 6.10 Å². The minimum atomic E-state index is -0.0413. The summed E-state index contributed by atoms with van der Waals surface area (Å²) < 4.78 is 8.18. The number of hydrogen-bond donors (Lipinski definition) is 0. The lowest BCUT2D eigenvalue weighted by Crippen LogP contribution is -2.26. The number of likely N-dealkylation sites (tertiary alicyclic amines) is 1. The van der Waals surface area contributed by atoms with Gasteiger partial charge in [-0.3, -0.25) is 4.68 Å². The van der Waals surface area contributed by atoms with Gasteiger partial charge in [0.2, 0.25) is 0 Å². The molecule has 2 unspecified atom stereocenters. The topological polar surface area (TPSA) is 30.3 Å². The third kappa shape index (κ3) is 3.39. The maximum Gasteiger partial charge on any atom is 0.124 e. The molecule has 0 amide bonds. The largest absolute Gasteiger partial charge is 0.367 e. The Morgan fingerprint density at radius 2 is 2.05 bits per heavy atom. The van der Waals surface area contributed by atoms with Crippen molar-refractivity contribution in [2.45, 2.75) is 31.4 Å². The zero-order valence-corrected chi connectivity index (χ0v) is 13.5. The van der Waals surface area contributed by atoms with E-state index in [4.69, 9.17) is 4.74 Å². The number of aryl methyl sites for hydroxylation is 1. The fraction of sp³-hybridized carbons (Fsp3) is 0.500. The second-order valence-corrected chi connectivity index (χ2v) is 6.11. The molecule has 1 aliphatic heterocycles. The van der Waals surface area contributed by atoms with E-state index in [1.54, 1.807) is 0 Å². The predicted octanol–water partition coefficient (Wildman–Crippen LogP) is 3.01. The molecule has 3 rings (SSSR count). The van der Waals surface area contributed by atoms with Gasteiger partial charge < -0.3 is 9.64 Å². The maximum atomic E-state index is 6.28. The van der Waals surface area contributed by atoms with Crippen molar-refractivity contribution in [2.75, 3.05) is 20.2 Å². The molecule has 1 aliphatic rings. The molecule has 1 aromatic heterocycles. The highest BCUT2D eigenvalue weighted by Gasteiger charge is 2.22. The van der Waals surface area contributed by atoms with E-state index in [0.717, 1.165) is 18.7 Å². The summed E-state index contributed by atoms with van der Waals surface area (Å²) in [5.74, 6) is 0. The van der Waals surface area contributed by atoms with Crippen molar-refractivity contribution in [3.05, 3.63) is 53.9 Å². The van der Waals surface area contributed by atoms with E-state index in [0.29, 0.717) is 6.04 Å². The molecule has 2 aromatic rings. The molecule has 2 heterocycles. The monoisotopic (exact) mass is 299 g/mol. The van der Waals surface area contributed by atoms with Crippen molar-refractivity contribution in [3.8, 4) is 0 Å². The third-order valence-electron chi connectivity index (χ3n) is 4.64. The fourth-order valence-corrected chi connectivity index (χ4v) is 3.29. The van der Waals surface area contributed by atoms with Crippen LogP contribution in [0.15, 0.2) is 42.6 Å². The predicted molar refractivity (Wildman–Crippen MR) is 87.7 cm³/mol. The summed E-state index contributed by atoms with van der Waals surface area (Å²) in [6, 6.07) is 13.1. The summed E-state index contributed by atoms with van der Waals surface area (Å²) in [4.78, 5) is 2.45. The first-order valence-corrected chi connectivity index (χ1v) is 8.10. The number of nitrogens with zero attached hydrogens (tertiary/aromatic N) is 3. The molecule has 0 spiro atoms. The number of aromatic nitrogens is 2. The average molecular weight is 299 g/mol. The lowest BCUT2D eigenvalue weighted by Gasteiger charge is -2.22. The van der Waals surface area contributed by atoms with E-state index >= 15 is 0 Å². The third-order valence-corrected chi connectivity index (χ3v) is 4.64. The Morgan fingerprint density at radius 1 is 1.23 bits per heavy atom. The molecule has 1 saturated heterocycles. The van der Waals surface area contributed by atoms with Crippen LogP contribution in [-0.2, 0) is 11.8 Å². The smallest absolute Gasteiger partial charge is 0.124 e. The van der Waals surface area contributed by atoms with Crippen molar-refractivity contribution in [1.29, 1.82) is 0 Å². The molecule has 1 fully saturated rings. The molecule has 0 aliphatic carbocycles. The van der Waals surface area contributed by atoms with Crippen LogP contribution in [0.2, 0.25) is 0 Å². The molecular formula is C18H25N3O. The number of benzene rings is 1. The quantitative estimate of drug-likeness (QED) is 0.821. The van der Waals surface area contributed by atoms with Gasteiger partial charge in [0.25, 0.3) is 0 Å². The first-order chi connectivity index (χ1) is 10.8. The van der Waals surface area contributed by atoms with Gasteiger partial charge in [0.1, 0.15) is 6.10 Å². The standard InChI is InChI=1S/C18H25N3O/c1-20-13-6-9-16(20)11-14-22-18(15-7-4-3-5-8-15)17-10-12-19-21(17)2/h3-5,7-8,10,12,16,18H,6,9,11,13-14H2,1-2H3. The number of ether oxygens (including phenoxy) is 1. The molecule has 118 valence electrons. The minimum Gasteiger partial charge on any atom is -0.367 e. The SMILES string of the molecule is CN1CCCC1CCOC(c1ccccc1)c1ccnn1C. The summed E-state index contributed by atoms with van der Waals surface area (Å²) in [6.07, 6.45) is 5.49. The summed E-state index contributed by atoms with van der Waals surface area (Å²) >= 11 is 0. The van der Waals surface area contributed by atoms with E-state index in [2.05, 4.69) is 41.3 Å². The highest BCUT2D eigenvalue weighted by molar-refractivity contribution is 5.25. The van der Waals surface area contributed by atoms with E-state index in [1.807, 2.05) is 30.1 Å². The van der Waals surface area contributed by atoms with E-state index in [1.165, 1.54) is 24.9 Å². The second-order valence-electron chi connectivity index (χ2n) is 6.11. The second kappa shape index (κ2) is 7.07. The Bertz CT molecular complexity index is 581. The maximum absolute atomic E-state index is 6.28. The highest BCUT2D eigenvalue weighted by Crippen LogP contribution is 2.26. The fourth-order valence-electron chi connectivity index (χ4n) is 3.29. The van der Waals surface area contributed by atoms with E-state index < -0.39 is 0 Å². The molecule has 0 N–H and O–H groups in total. The molecule has 2 atom stereocenters. The molecule has 0 bridgehead atoms. The molecular weight excluding hydrogens is 274 g/mol. The van der Waals surface area contributed by atoms with Crippen LogP contribution in [0.5, 0.6) is 0 Å². The lowest BCUT2D eigenvalue weighted by molar-refractivity contribution is 0.0613. The van der Waals surface area contributed by atoms with Crippen LogP contribution >= 0.6 is 0 Å². The Morgan fingerprint density at radius 3 is 2.68 bits per heavy atom. The van der Waals surface area contributed by atoms with Crippen molar-refractivity contribution < 1.29 is 4.74 Å². The van der Waals surface area contributed by atoms with E-state index in [9.17, 15) is 0 Å². The Labute approximate surface area is 132 Å². The highest BCUT2D eigenvalue weighted by atomic mass is 16.5.